The van der Waals surface area contributed by atoms with Crippen LogP contribution in [0.2, 0.25) is 0 Å². The summed E-state index contributed by atoms with van der Waals surface area (Å²) in [5, 5.41) is 18.6. The van der Waals surface area contributed by atoms with Crippen molar-refractivity contribution in [3.05, 3.63) is 59.0 Å². The van der Waals surface area contributed by atoms with E-state index in [4.69, 9.17) is 5.11 Å². The molecule has 0 atom stereocenters. The molecule has 0 bridgehead atoms. The molecule has 29 heavy (non-hydrogen) atoms. The van der Waals surface area contributed by atoms with Crippen LogP contribution in [-0.2, 0) is 11.3 Å². The van der Waals surface area contributed by atoms with Gasteiger partial charge in [0.25, 0.3) is 5.56 Å². The molecule has 0 aliphatic carbocycles. The lowest BCUT2D eigenvalue weighted by atomic mass is 10.1. The van der Waals surface area contributed by atoms with Crippen LogP contribution >= 0.6 is 11.3 Å². The number of benzene rings is 1. The van der Waals surface area contributed by atoms with Crippen molar-refractivity contribution in [2.45, 2.75) is 19.4 Å². The highest BCUT2D eigenvalue weighted by molar-refractivity contribution is 7.25. The van der Waals surface area contributed by atoms with E-state index in [0.717, 1.165) is 15.8 Å². The molecule has 0 amide bonds. The number of carbonyl (C=O) groups is 1. The fourth-order valence-electron chi connectivity index (χ4n) is 3.54. The summed E-state index contributed by atoms with van der Waals surface area (Å²) in [6.45, 7) is 0.263. The van der Waals surface area contributed by atoms with E-state index in [2.05, 4.69) is 15.3 Å². The fraction of sp³-hybridized carbons (Fsp3) is 0.150. The van der Waals surface area contributed by atoms with Crippen molar-refractivity contribution in [2.24, 2.45) is 0 Å². The summed E-state index contributed by atoms with van der Waals surface area (Å²) < 4.78 is 3.80. The summed E-state index contributed by atoms with van der Waals surface area (Å²) in [6, 6.07) is 13.3. The molecule has 0 unspecified atom stereocenters. The van der Waals surface area contributed by atoms with E-state index in [0.29, 0.717) is 28.0 Å². The first-order valence-electron chi connectivity index (χ1n) is 9.08. The minimum atomic E-state index is -0.892. The van der Waals surface area contributed by atoms with E-state index >= 15 is 0 Å². The first-order valence-corrected chi connectivity index (χ1v) is 9.89. The van der Waals surface area contributed by atoms with Crippen LogP contribution < -0.4 is 5.56 Å². The molecule has 9 heteroatoms. The first kappa shape index (κ1) is 17.5. The van der Waals surface area contributed by atoms with E-state index < -0.39 is 5.97 Å². The second-order valence-corrected chi connectivity index (χ2v) is 7.63. The molecular formula is C20H15N5O3S. The summed E-state index contributed by atoms with van der Waals surface area (Å²) in [7, 11) is 0. The monoisotopic (exact) mass is 405 g/mol. The number of nitrogens with zero attached hydrogens (tertiary/aromatic N) is 5. The normalized spacial score (nSPS) is 11.6. The third-order valence-corrected chi connectivity index (χ3v) is 5.90. The van der Waals surface area contributed by atoms with Crippen LogP contribution in [0.15, 0.2) is 53.5 Å². The highest BCUT2D eigenvalue weighted by atomic mass is 32.1. The molecule has 0 aliphatic heterocycles. The van der Waals surface area contributed by atoms with Gasteiger partial charge in [0.15, 0.2) is 5.65 Å². The second-order valence-electron chi connectivity index (χ2n) is 6.63. The molecule has 0 saturated carbocycles. The van der Waals surface area contributed by atoms with E-state index in [-0.39, 0.29) is 18.5 Å². The largest absolute Gasteiger partial charge is 0.481 e. The van der Waals surface area contributed by atoms with Crippen LogP contribution in [0.3, 0.4) is 0 Å². The maximum Gasteiger partial charge on any atom is 0.303 e. The molecular weight excluding hydrogens is 390 g/mol. The average molecular weight is 405 g/mol. The van der Waals surface area contributed by atoms with Gasteiger partial charge in [-0.15, -0.1) is 16.4 Å². The lowest BCUT2D eigenvalue weighted by Crippen LogP contribution is -2.23. The summed E-state index contributed by atoms with van der Waals surface area (Å²) in [6.07, 6.45) is 2.00. The van der Waals surface area contributed by atoms with Crippen LogP contribution in [0, 0.1) is 0 Å². The Kier molecular flexibility index (Phi) is 4.09. The Bertz CT molecular complexity index is 1440. The van der Waals surface area contributed by atoms with Gasteiger partial charge < -0.3 is 5.11 Å². The Hall–Kier alpha value is -3.59. The molecule has 0 spiro atoms. The van der Waals surface area contributed by atoms with Gasteiger partial charge in [-0.25, -0.2) is 4.98 Å². The zero-order valence-corrected chi connectivity index (χ0v) is 16.0. The van der Waals surface area contributed by atoms with Crippen LogP contribution in [0.4, 0.5) is 0 Å². The molecule has 4 heterocycles. The van der Waals surface area contributed by atoms with Gasteiger partial charge in [0.1, 0.15) is 20.7 Å². The molecule has 0 aliphatic rings. The lowest BCUT2D eigenvalue weighted by Gasteiger charge is -2.10. The van der Waals surface area contributed by atoms with Crippen molar-refractivity contribution >= 4 is 43.4 Å². The Balaban J connectivity index is 1.87. The molecule has 4 aromatic heterocycles. The van der Waals surface area contributed by atoms with Gasteiger partial charge in [-0.2, -0.15) is 4.52 Å². The number of carboxylic acids is 1. The van der Waals surface area contributed by atoms with Crippen LogP contribution in [0.5, 0.6) is 0 Å². The zero-order valence-electron chi connectivity index (χ0n) is 15.1. The molecule has 1 aromatic carbocycles. The predicted molar refractivity (Wildman–Crippen MR) is 110 cm³/mol. The van der Waals surface area contributed by atoms with Crippen molar-refractivity contribution in [2.75, 3.05) is 0 Å². The molecule has 0 radical (unpaired) electrons. The summed E-state index contributed by atoms with van der Waals surface area (Å²) in [4.78, 5) is 29.5. The third kappa shape index (κ3) is 2.78. The topological polar surface area (TPSA) is 102 Å². The number of aliphatic carboxylic acids is 1. The van der Waals surface area contributed by atoms with Gasteiger partial charge in [-0.3, -0.25) is 14.2 Å². The summed E-state index contributed by atoms with van der Waals surface area (Å²) in [5.74, 6) is -0.892. The third-order valence-electron chi connectivity index (χ3n) is 4.81. The molecule has 144 valence electrons. The number of hydrogen-bond donors (Lipinski definition) is 1. The van der Waals surface area contributed by atoms with Crippen molar-refractivity contribution in [3.8, 4) is 11.3 Å². The average Bonchev–Trinajstić information content (AvgIpc) is 3.32. The van der Waals surface area contributed by atoms with Crippen molar-refractivity contribution in [1.82, 2.24) is 24.4 Å². The van der Waals surface area contributed by atoms with Crippen LogP contribution in [0.1, 0.15) is 12.8 Å². The van der Waals surface area contributed by atoms with Gasteiger partial charge in [0, 0.05) is 30.1 Å². The molecule has 5 aromatic rings. The lowest BCUT2D eigenvalue weighted by molar-refractivity contribution is -0.137. The van der Waals surface area contributed by atoms with Gasteiger partial charge in [0.05, 0.1) is 0 Å². The quantitative estimate of drug-likeness (QED) is 0.482. The van der Waals surface area contributed by atoms with Gasteiger partial charge in [-0.1, -0.05) is 35.5 Å². The van der Waals surface area contributed by atoms with E-state index in [1.807, 2.05) is 42.5 Å². The number of thiophene rings is 1. The molecule has 0 fully saturated rings. The molecule has 1 N–H and O–H groups in total. The van der Waals surface area contributed by atoms with Gasteiger partial charge in [-0.05, 0) is 18.6 Å². The predicted octanol–water partition coefficient (Wildman–Crippen LogP) is 3.19. The number of aryl methyl sites for hydroxylation is 1. The maximum atomic E-state index is 13.4. The Morgan fingerprint density at radius 3 is 2.76 bits per heavy atom. The minimum absolute atomic E-state index is 0.0210. The standard InChI is InChI=1S/C20H15N5O3S/c26-14(27)9-5-11-24-19-15(12-6-2-1-3-7-12)22-23-25(19)16-13-8-4-10-21-18(13)29-17(16)20(24)28/h1-4,6-8,10H,5,9,11H2,(H,26,27). The Morgan fingerprint density at radius 2 is 1.97 bits per heavy atom. The number of carboxylic acid groups (broad SMARTS) is 1. The summed E-state index contributed by atoms with van der Waals surface area (Å²) >= 11 is 1.31. The van der Waals surface area contributed by atoms with Crippen molar-refractivity contribution in [3.63, 3.8) is 0 Å². The Morgan fingerprint density at radius 1 is 1.14 bits per heavy atom. The zero-order chi connectivity index (χ0) is 20.0. The number of fused-ring (bicyclic) bond motifs is 5. The molecule has 5 rings (SSSR count). The second kappa shape index (κ2) is 6.78. The minimum Gasteiger partial charge on any atom is -0.481 e. The molecule has 8 nitrogen and oxygen atoms in total. The van der Waals surface area contributed by atoms with Crippen molar-refractivity contribution < 1.29 is 9.90 Å². The number of pyridine rings is 1. The van der Waals surface area contributed by atoms with E-state index in [9.17, 15) is 9.59 Å². The SMILES string of the molecule is O=C(O)CCCn1c(=O)c2sc3ncccc3c2n2nnc(-c3ccccc3)c12. The highest BCUT2D eigenvalue weighted by Crippen LogP contribution is 2.32. The Labute approximate surface area is 167 Å². The van der Waals surface area contributed by atoms with Gasteiger partial charge >= 0.3 is 5.97 Å². The van der Waals surface area contributed by atoms with E-state index in [1.165, 1.54) is 11.3 Å². The maximum absolute atomic E-state index is 13.4. The highest BCUT2D eigenvalue weighted by Gasteiger charge is 2.21. The van der Waals surface area contributed by atoms with Crippen LogP contribution in [0.25, 0.3) is 37.3 Å². The van der Waals surface area contributed by atoms with Crippen LogP contribution in [-0.4, -0.2) is 35.5 Å². The number of hydrogen-bond acceptors (Lipinski definition) is 6. The molecule has 0 saturated heterocycles. The fourth-order valence-corrected chi connectivity index (χ4v) is 4.61. The van der Waals surface area contributed by atoms with E-state index in [1.54, 1.807) is 15.3 Å². The van der Waals surface area contributed by atoms with Crippen molar-refractivity contribution in [1.29, 1.82) is 0 Å². The first-order chi connectivity index (χ1) is 14.1. The smallest absolute Gasteiger partial charge is 0.303 e. The summed E-state index contributed by atoms with van der Waals surface area (Å²) in [5.41, 5.74) is 2.49. The number of aromatic nitrogens is 5. The number of rotatable bonds is 5. The van der Waals surface area contributed by atoms with Gasteiger partial charge in [0.2, 0.25) is 0 Å².